The summed E-state index contributed by atoms with van der Waals surface area (Å²) in [6.45, 7) is 6.42. The van der Waals surface area contributed by atoms with Gasteiger partial charge in [0, 0.05) is 55.6 Å². The maximum absolute atomic E-state index is 14.6. The first-order valence-electron chi connectivity index (χ1n) is 18.1. The first kappa shape index (κ1) is 35.5. The predicted octanol–water partition coefficient (Wildman–Crippen LogP) is 6.30. The molecule has 5 aliphatic rings. The molecule has 50 heavy (non-hydrogen) atoms. The molecule has 1 saturated carbocycles. The highest BCUT2D eigenvalue weighted by molar-refractivity contribution is 7.94. The van der Waals surface area contributed by atoms with Gasteiger partial charge < -0.3 is 24.0 Å². The summed E-state index contributed by atoms with van der Waals surface area (Å²) in [6, 6.07) is 11.6. The molecule has 2 bridgehead atoms. The number of nitrogens with zero attached hydrogens (tertiary/aromatic N) is 3. The smallest absolute Gasteiger partial charge is 0.285 e. The van der Waals surface area contributed by atoms with Gasteiger partial charge in [-0.15, -0.1) is 0 Å². The zero-order chi connectivity index (χ0) is 35.2. The molecule has 270 valence electrons. The average molecular weight is 724 g/mol. The molecule has 8 atom stereocenters. The van der Waals surface area contributed by atoms with Crippen LogP contribution in [0.3, 0.4) is 0 Å². The molecular weight excluding hydrogens is 674 g/mol. The molecule has 2 aliphatic carbocycles. The van der Waals surface area contributed by atoms with Gasteiger partial charge in [0.2, 0.25) is 5.91 Å². The Kier molecular flexibility index (Phi) is 10.1. The molecule has 1 spiro atoms. The lowest BCUT2D eigenvalue weighted by Gasteiger charge is -2.46. The number of rotatable bonds is 4. The minimum Gasteiger partial charge on any atom is -0.490 e. The van der Waals surface area contributed by atoms with Gasteiger partial charge in [0.25, 0.3) is 5.91 Å². The Morgan fingerprint density at radius 1 is 1.12 bits per heavy atom. The number of ether oxygens (including phenoxy) is 3. The van der Waals surface area contributed by atoms with Crippen LogP contribution in [0.4, 0.5) is 5.69 Å². The minimum atomic E-state index is -3.24. The van der Waals surface area contributed by atoms with Crippen molar-refractivity contribution in [1.82, 2.24) is 4.90 Å². The van der Waals surface area contributed by atoms with E-state index in [9.17, 15) is 13.8 Å². The van der Waals surface area contributed by atoms with Crippen molar-refractivity contribution in [1.29, 1.82) is 0 Å². The number of halogens is 1. The number of carbonyl (C=O) groups excluding carboxylic acids is 2. The highest BCUT2D eigenvalue weighted by Crippen LogP contribution is 2.47. The number of anilines is 1. The lowest BCUT2D eigenvalue weighted by atomic mass is 9.68. The van der Waals surface area contributed by atoms with E-state index in [1.807, 2.05) is 32.0 Å². The molecule has 0 unspecified atom stereocenters. The quantitative estimate of drug-likeness (QED) is 0.342. The standard InChI is InChI=1S/C39H50ClN3O6S/c1-25-7-5-9-34(47-3)31-13-10-29(31)19-42-23-39(16-6-8-27-17-30(40)12-14-32(27)39)24-49-35-15-11-28(18-33(35)42)38(45)41-50(46,21-25)22-37(44)43-20-36(48-4)26(43)2/h5,9,11-12,14-15,17-18,25-26,29,31,34,36H,6-8,10,13,16,19-24H2,1-4H3/b9-5+/t25-,26+,29-,31+,34-,36-,39-,50+/m0/s1. The van der Waals surface area contributed by atoms with Gasteiger partial charge in [-0.1, -0.05) is 36.7 Å². The minimum absolute atomic E-state index is 0.0340. The van der Waals surface area contributed by atoms with E-state index in [0.29, 0.717) is 37.0 Å². The monoisotopic (exact) mass is 723 g/mol. The third-order valence-electron chi connectivity index (χ3n) is 11.9. The lowest BCUT2D eigenvalue weighted by Crippen LogP contribution is -2.62. The van der Waals surface area contributed by atoms with Crippen LogP contribution >= 0.6 is 11.6 Å². The van der Waals surface area contributed by atoms with Crippen molar-refractivity contribution >= 4 is 38.8 Å². The van der Waals surface area contributed by atoms with Crippen molar-refractivity contribution in [3.05, 3.63) is 70.3 Å². The molecule has 2 aromatic rings. The highest BCUT2D eigenvalue weighted by Gasteiger charge is 2.45. The van der Waals surface area contributed by atoms with Crippen molar-refractivity contribution in [2.24, 2.45) is 22.1 Å². The summed E-state index contributed by atoms with van der Waals surface area (Å²) >= 11 is 6.46. The van der Waals surface area contributed by atoms with Gasteiger partial charge in [0.15, 0.2) is 0 Å². The maximum atomic E-state index is 14.6. The molecule has 0 radical (unpaired) electrons. The summed E-state index contributed by atoms with van der Waals surface area (Å²) in [6.07, 6.45) is 10.0. The summed E-state index contributed by atoms with van der Waals surface area (Å²) in [5.74, 6) is 0.434. The molecule has 0 aromatic heterocycles. The Morgan fingerprint density at radius 2 is 1.96 bits per heavy atom. The summed E-state index contributed by atoms with van der Waals surface area (Å²) < 4.78 is 37.2. The number of carbonyl (C=O) groups is 2. The molecule has 2 aromatic carbocycles. The summed E-state index contributed by atoms with van der Waals surface area (Å²) in [5, 5.41) is 0.748. The average Bonchev–Trinajstić information content (AvgIpc) is 3.21. The SMILES string of the molecule is CO[C@H]1/C=C/C[C@H](C)C[S@@](=O)(CC(=O)N2C[C@H](OC)[C@H]2C)=NC(=O)c2ccc3c(c2)N(C[C@@H]2CC[C@H]21)C[C@@]1(CCCc2cc(Cl)ccc21)CO3. The second-order valence-electron chi connectivity index (χ2n) is 15.3. The zero-order valence-electron chi connectivity index (χ0n) is 29.6. The van der Waals surface area contributed by atoms with Gasteiger partial charge in [-0.2, -0.15) is 4.36 Å². The second-order valence-corrected chi connectivity index (χ2v) is 18.1. The van der Waals surface area contributed by atoms with E-state index >= 15 is 0 Å². The number of aryl methyl sites for hydroxylation is 1. The van der Waals surface area contributed by atoms with E-state index in [1.54, 1.807) is 25.2 Å². The van der Waals surface area contributed by atoms with Crippen molar-refractivity contribution in [2.45, 2.75) is 76.0 Å². The van der Waals surface area contributed by atoms with Gasteiger partial charge in [0.05, 0.1) is 40.3 Å². The second kappa shape index (κ2) is 14.2. The molecular formula is C39H50ClN3O6S. The normalized spacial score (nSPS) is 34.6. The number of likely N-dealkylation sites (tertiary alicyclic amines) is 1. The number of methoxy groups -OCH3 is 2. The molecule has 2 amide bonds. The van der Waals surface area contributed by atoms with Crippen LogP contribution in [0.2, 0.25) is 5.02 Å². The summed E-state index contributed by atoms with van der Waals surface area (Å²) in [5.41, 5.74) is 3.52. The van der Waals surface area contributed by atoms with Crippen molar-refractivity contribution < 1.29 is 28.0 Å². The fourth-order valence-corrected chi connectivity index (χ4v) is 11.4. The largest absolute Gasteiger partial charge is 0.490 e. The van der Waals surface area contributed by atoms with E-state index in [1.165, 1.54) is 11.1 Å². The molecule has 9 nitrogen and oxygen atoms in total. The maximum Gasteiger partial charge on any atom is 0.285 e. The third-order valence-corrected chi connectivity index (χ3v) is 14.5. The molecule has 3 aliphatic heterocycles. The molecule has 0 N–H and O–H groups in total. The Hall–Kier alpha value is -2.92. The van der Waals surface area contributed by atoms with E-state index in [-0.39, 0.29) is 47.0 Å². The number of allylic oxidation sites excluding steroid dienone is 1. The number of hydrogen-bond donors (Lipinski definition) is 0. The topological polar surface area (TPSA) is 97.7 Å². The van der Waals surface area contributed by atoms with Crippen LogP contribution in [0.15, 0.2) is 52.9 Å². The van der Waals surface area contributed by atoms with Crippen LogP contribution in [0.5, 0.6) is 5.75 Å². The number of fused-ring (bicyclic) bond motifs is 4. The number of benzene rings is 2. The van der Waals surface area contributed by atoms with Crippen LogP contribution in [0.25, 0.3) is 0 Å². The molecule has 3 heterocycles. The molecule has 11 heteroatoms. The van der Waals surface area contributed by atoms with Gasteiger partial charge in [-0.3, -0.25) is 9.59 Å². The van der Waals surface area contributed by atoms with Crippen LogP contribution in [-0.2, 0) is 35.8 Å². The highest BCUT2D eigenvalue weighted by atomic mass is 35.5. The fraction of sp³-hybridized carbons (Fsp3) is 0.590. The Bertz CT molecular complexity index is 1790. The third kappa shape index (κ3) is 6.85. The Morgan fingerprint density at radius 3 is 2.70 bits per heavy atom. The first-order chi connectivity index (χ1) is 24.0. The molecule has 7 rings (SSSR count). The van der Waals surface area contributed by atoms with Gasteiger partial charge in [0.1, 0.15) is 11.5 Å². The lowest BCUT2D eigenvalue weighted by molar-refractivity contribution is -0.148. The van der Waals surface area contributed by atoms with E-state index in [0.717, 1.165) is 61.7 Å². The Balaban J connectivity index is 1.28. The van der Waals surface area contributed by atoms with Gasteiger partial charge >= 0.3 is 0 Å². The van der Waals surface area contributed by atoms with Gasteiger partial charge in [-0.25, -0.2) is 4.21 Å². The van der Waals surface area contributed by atoms with Crippen LogP contribution in [0.1, 0.15) is 67.4 Å². The number of amides is 2. The van der Waals surface area contributed by atoms with Crippen molar-refractivity contribution in [3.63, 3.8) is 0 Å². The van der Waals surface area contributed by atoms with Crippen molar-refractivity contribution in [2.75, 3.05) is 56.9 Å². The molecule has 1 saturated heterocycles. The van der Waals surface area contributed by atoms with Crippen LogP contribution in [-0.4, -0.2) is 91.1 Å². The summed E-state index contributed by atoms with van der Waals surface area (Å²) in [7, 11) is 0.169. The first-order valence-corrected chi connectivity index (χ1v) is 20.3. The predicted molar refractivity (Wildman–Crippen MR) is 197 cm³/mol. The molecule has 2 fully saturated rings. The van der Waals surface area contributed by atoms with Crippen LogP contribution < -0.4 is 9.64 Å². The van der Waals surface area contributed by atoms with Gasteiger partial charge in [-0.05, 0) is 105 Å². The number of hydrogen-bond acceptors (Lipinski definition) is 7. The fourth-order valence-electron chi connectivity index (χ4n) is 8.92. The van der Waals surface area contributed by atoms with E-state index < -0.39 is 15.6 Å². The van der Waals surface area contributed by atoms with E-state index in [2.05, 4.69) is 33.5 Å². The van der Waals surface area contributed by atoms with Crippen molar-refractivity contribution in [3.8, 4) is 5.75 Å². The Labute approximate surface area is 301 Å². The van der Waals surface area contributed by atoms with Crippen LogP contribution in [0, 0.1) is 17.8 Å². The summed E-state index contributed by atoms with van der Waals surface area (Å²) in [4.78, 5) is 31.6. The van der Waals surface area contributed by atoms with E-state index in [4.69, 9.17) is 25.8 Å². The zero-order valence-corrected chi connectivity index (χ0v) is 31.2.